The van der Waals surface area contributed by atoms with Crippen LogP contribution in [0.25, 0.3) is 0 Å². The molecule has 0 saturated carbocycles. The summed E-state index contributed by atoms with van der Waals surface area (Å²) in [7, 11) is 0. The number of amides is 1. The van der Waals surface area contributed by atoms with Gasteiger partial charge in [-0.2, -0.15) is 0 Å². The Morgan fingerprint density at radius 2 is 1.96 bits per heavy atom. The third-order valence-corrected chi connectivity index (χ3v) is 4.24. The Hall–Kier alpha value is -2.14. The SMILES string of the molecule is C.O=C(NCC1CCN(Cc2ccccc2)CC1)n1ccnc1. The molecule has 0 bridgehead atoms. The van der Waals surface area contributed by atoms with Gasteiger partial charge < -0.3 is 5.32 Å². The quantitative estimate of drug-likeness (QED) is 0.944. The zero-order valence-electron chi connectivity index (χ0n) is 12.7. The zero-order valence-corrected chi connectivity index (χ0v) is 12.7. The maximum absolute atomic E-state index is 11.9. The Kier molecular flexibility index (Phi) is 6.35. The number of benzene rings is 1. The number of nitrogens with zero attached hydrogens (tertiary/aromatic N) is 3. The summed E-state index contributed by atoms with van der Waals surface area (Å²) in [5.74, 6) is 0.569. The molecule has 1 amide bonds. The van der Waals surface area contributed by atoms with Crippen molar-refractivity contribution in [1.29, 1.82) is 0 Å². The van der Waals surface area contributed by atoms with E-state index in [2.05, 4.69) is 45.5 Å². The lowest BCUT2D eigenvalue weighted by Gasteiger charge is -2.32. The van der Waals surface area contributed by atoms with Crippen molar-refractivity contribution < 1.29 is 4.79 Å². The van der Waals surface area contributed by atoms with Crippen LogP contribution >= 0.6 is 0 Å². The van der Waals surface area contributed by atoms with Crippen molar-refractivity contribution in [2.75, 3.05) is 19.6 Å². The van der Waals surface area contributed by atoms with Gasteiger partial charge in [0.2, 0.25) is 0 Å². The summed E-state index contributed by atoms with van der Waals surface area (Å²) in [4.78, 5) is 18.2. The van der Waals surface area contributed by atoms with Crippen molar-refractivity contribution in [2.24, 2.45) is 5.92 Å². The molecule has 1 aromatic carbocycles. The highest BCUT2D eigenvalue weighted by atomic mass is 16.2. The molecule has 0 radical (unpaired) electrons. The summed E-state index contributed by atoms with van der Waals surface area (Å²) in [6, 6.07) is 10.5. The number of carbonyl (C=O) groups excluding carboxylic acids is 1. The molecule has 5 heteroatoms. The summed E-state index contributed by atoms with van der Waals surface area (Å²) in [5, 5.41) is 2.98. The molecule has 1 N–H and O–H groups in total. The summed E-state index contributed by atoms with van der Waals surface area (Å²) in [6.07, 6.45) is 7.07. The number of rotatable bonds is 4. The van der Waals surface area contributed by atoms with Crippen LogP contribution in [0.5, 0.6) is 0 Å². The maximum Gasteiger partial charge on any atom is 0.326 e. The fourth-order valence-electron chi connectivity index (χ4n) is 2.89. The van der Waals surface area contributed by atoms with Gasteiger partial charge in [0.25, 0.3) is 0 Å². The zero-order chi connectivity index (χ0) is 15.2. The first kappa shape index (κ1) is 17.2. The number of aromatic nitrogens is 2. The van der Waals surface area contributed by atoms with Crippen LogP contribution in [0.4, 0.5) is 4.79 Å². The topological polar surface area (TPSA) is 50.2 Å². The molecule has 2 aromatic rings. The molecule has 1 aliphatic rings. The van der Waals surface area contributed by atoms with Crippen LogP contribution in [-0.4, -0.2) is 40.1 Å². The molecule has 2 heterocycles. The van der Waals surface area contributed by atoms with Crippen LogP contribution in [0.15, 0.2) is 49.1 Å². The fraction of sp³-hybridized carbons (Fsp3) is 0.444. The summed E-state index contributed by atoms with van der Waals surface area (Å²) in [5.41, 5.74) is 1.37. The van der Waals surface area contributed by atoms with Crippen LogP contribution in [0.1, 0.15) is 25.8 Å². The molecule has 5 nitrogen and oxygen atoms in total. The molecule has 0 unspecified atom stereocenters. The third kappa shape index (κ3) is 4.93. The number of hydrogen-bond acceptors (Lipinski definition) is 3. The first-order valence-electron chi connectivity index (χ1n) is 7.84. The number of hydrogen-bond donors (Lipinski definition) is 1. The Bertz CT molecular complexity index is 574. The predicted octanol–water partition coefficient (Wildman–Crippen LogP) is 2.99. The van der Waals surface area contributed by atoms with Crippen molar-refractivity contribution in [1.82, 2.24) is 19.8 Å². The van der Waals surface area contributed by atoms with Gasteiger partial charge in [0.05, 0.1) is 0 Å². The average Bonchev–Trinajstić information content (AvgIpc) is 3.09. The third-order valence-electron chi connectivity index (χ3n) is 4.24. The largest absolute Gasteiger partial charge is 0.337 e. The molecule has 1 fully saturated rings. The van der Waals surface area contributed by atoms with Gasteiger partial charge in [0, 0.05) is 25.5 Å². The van der Waals surface area contributed by atoms with Gasteiger partial charge in [-0.05, 0) is 37.4 Å². The van der Waals surface area contributed by atoms with Crippen molar-refractivity contribution in [3.8, 4) is 0 Å². The second kappa shape index (κ2) is 8.48. The smallest absolute Gasteiger partial charge is 0.326 e. The molecule has 3 rings (SSSR count). The van der Waals surface area contributed by atoms with Gasteiger partial charge in [-0.25, -0.2) is 9.78 Å². The Labute approximate surface area is 138 Å². The minimum atomic E-state index is -0.0933. The highest BCUT2D eigenvalue weighted by Gasteiger charge is 2.19. The van der Waals surface area contributed by atoms with Crippen LogP contribution in [-0.2, 0) is 6.54 Å². The standard InChI is InChI=1S/C17H22N4O.CH4/c22-17(21-11-8-18-14-21)19-12-15-6-9-20(10-7-15)13-16-4-2-1-3-5-16;/h1-5,8,11,14-15H,6-7,9-10,12-13H2,(H,19,22);1H4. The normalized spacial score (nSPS) is 15.8. The Morgan fingerprint density at radius 1 is 1.22 bits per heavy atom. The second-order valence-corrected chi connectivity index (χ2v) is 5.86. The van der Waals surface area contributed by atoms with E-state index in [4.69, 9.17) is 0 Å². The molecular weight excluding hydrogens is 288 g/mol. The van der Waals surface area contributed by atoms with E-state index in [9.17, 15) is 4.79 Å². The molecular formula is C18H26N4O. The monoisotopic (exact) mass is 314 g/mol. The Morgan fingerprint density at radius 3 is 2.61 bits per heavy atom. The fourth-order valence-corrected chi connectivity index (χ4v) is 2.89. The Balaban J connectivity index is 0.00000192. The van der Waals surface area contributed by atoms with E-state index in [0.29, 0.717) is 5.92 Å². The lowest BCUT2D eigenvalue weighted by molar-refractivity contribution is 0.175. The van der Waals surface area contributed by atoms with Gasteiger partial charge in [0.15, 0.2) is 0 Å². The molecule has 1 aliphatic heterocycles. The molecule has 1 aromatic heterocycles. The highest BCUT2D eigenvalue weighted by Crippen LogP contribution is 2.18. The highest BCUT2D eigenvalue weighted by molar-refractivity contribution is 5.76. The first-order valence-corrected chi connectivity index (χ1v) is 7.84. The van der Waals surface area contributed by atoms with E-state index < -0.39 is 0 Å². The van der Waals surface area contributed by atoms with Gasteiger partial charge in [-0.15, -0.1) is 0 Å². The van der Waals surface area contributed by atoms with Crippen molar-refractivity contribution >= 4 is 6.03 Å². The van der Waals surface area contributed by atoms with Gasteiger partial charge >= 0.3 is 6.03 Å². The van der Waals surface area contributed by atoms with Crippen LogP contribution in [0.3, 0.4) is 0 Å². The first-order chi connectivity index (χ1) is 10.8. The second-order valence-electron chi connectivity index (χ2n) is 5.86. The van der Waals surface area contributed by atoms with Crippen molar-refractivity contribution in [3.63, 3.8) is 0 Å². The predicted molar refractivity (Wildman–Crippen MR) is 92.2 cm³/mol. The summed E-state index contributed by atoms with van der Waals surface area (Å²) < 4.78 is 1.48. The molecule has 0 spiro atoms. The maximum atomic E-state index is 11.9. The molecule has 0 atom stereocenters. The lowest BCUT2D eigenvalue weighted by atomic mass is 9.96. The van der Waals surface area contributed by atoms with Crippen molar-refractivity contribution in [2.45, 2.75) is 26.8 Å². The van der Waals surface area contributed by atoms with E-state index >= 15 is 0 Å². The summed E-state index contributed by atoms with van der Waals surface area (Å²) in [6.45, 7) is 3.96. The lowest BCUT2D eigenvalue weighted by Crippen LogP contribution is -2.39. The molecule has 0 aliphatic carbocycles. The minimum absolute atomic E-state index is 0. The minimum Gasteiger partial charge on any atom is -0.337 e. The van der Waals surface area contributed by atoms with Crippen LogP contribution in [0.2, 0.25) is 0 Å². The van der Waals surface area contributed by atoms with Crippen LogP contribution in [0, 0.1) is 5.92 Å². The summed E-state index contributed by atoms with van der Waals surface area (Å²) >= 11 is 0. The number of imidazole rings is 1. The van der Waals surface area contributed by atoms with E-state index in [-0.39, 0.29) is 13.5 Å². The molecule has 1 saturated heterocycles. The van der Waals surface area contributed by atoms with Gasteiger partial charge in [-0.3, -0.25) is 9.47 Å². The van der Waals surface area contributed by atoms with Gasteiger partial charge in [-0.1, -0.05) is 37.8 Å². The van der Waals surface area contributed by atoms with E-state index in [1.165, 1.54) is 16.5 Å². The van der Waals surface area contributed by atoms with E-state index in [1.54, 1.807) is 12.4 Å². The number of piperidine rings is 1. The number of carbonyl (C=O) groups is 1. The number of likely N-dealkylation sites (tertiary alicyclic amines) is 1. The molecule has 23 heavy (non-hydrogen) atoms. The van der Waals surface area contributed by atoms with E-state index in [0.717, 1.165) is 39.0 Å². The molecule has 124 valence electrons. The van der Waals surface area contributed by atoms with E-state index in [1.807, 2.05) is 0 Å². The van der Waals surface area contributed by atoms with Gasteiger partial charge in [0.1, 0.15) is 6.33 Å². The number of nitrogens with one attached hydrogen (secondary N) is 1. The van der Waals surface area contributed by atoms with Crippen LogP contribution < -0.4 is 5.32 Å². The average molecular weight is 314 g/mol. The van der Waals surface area contributed by atoms with Crippen molar-refractivity contribution in [3.05, 3.63) is 54.6 Å².